The van der Waals surface area contributed by atoms with E-state index in [1.54, 1.807) is 0 Å². The van der Waals surface area contributed by atoms with Crippen LogP contribution < -0.4 is 0 Å². The molecule has 1 aliphatic rings. The lowest BCUT2D eigenvalue weighted by atomic mass is 9.99. The van der Waals surface area contributed by atoms with Gasteiger partial charge in [0.15, 0.2) is 8.32 Å². The van der Waals surface area contributed by atoms with Crippen LogP contribution in [0.15, 0.2) is 43.0 Å². The van der Waals surface area contributed by atoms with Gasteiger partial charge >= 0.3 is 0 Å². The second-order valence-corrected chi connectivity index (χ2v) is 11.5. The highest BCUT2D eigenvalue weighted by Gasteiger charge is 2.57. The van der Waals surface area contributed by atoms with Gasteiger partial charge in [0.05, 0.1) is 18.8 Å². The summed E-state index contributed by atoms with van der Waals surface area (Å²) in [6.07, 6.45) is 2.94. The van der Waals surface area contributed by atoms with E-state index in [9.17, 15) is 0 Å². The highest BCUT2D eigenvalue weighted by molar-refractivity contribution is 6.69. The molecule has 1 heterocycles. The molecule has 1 aromatic carbocycles. The second kappa shape index (κ2) is 7.09. The summed E-state index contributed by atoms with van der Waals surface area (Å²) in [4.78, 5) is 0. The molecule has 3 nitrogen and oxygen atoms in total. The maximum atomic E-state index is 6.17. The average molecular weight is 321 g/mol. The fourth-order valence-corrected chi connectivity index (χ4v) is 3.69. The minimum atomic E-state index is -1.61. The number of rotatable bonds is 9. The average Bonchev–Trinajstić information content (AvgIpc) is 3.13. The summed E-state index contributed by atoms with van der Waals surface area (Å²) in [6, 6.07) is 10.2. The standard InChI is InChI=1S/C18H28O3Si/c1-6-16(21-22(3,4)5)18(2)17(20-18)12-13-19-14-15-10-8-7-9-11-15/h6-11,16-17H,1,12-14H2,2-5H3/t16?,17-,18-/m0/s1. The Morgan fingerprint density at radius 3 is 2.59 bits per heavy atom. The van der Waals surface area contributed by atoms with Crippen molar-refractivity contribution in [1.29, 1.82) is 0 Å². The molecule has 122 valence electrons. The Kier molecular flexibility index (Phi) is 5.61. The lowest BCUT2D eigenvalue weighted by Crippen LogP contribution is -2.39. The molecule has 0 saturated carbocycles. The molecular formula is C18H28O3Si. The van der Waals surface area contributed by atoms with Crippen LogP contribution in [-0.4, -0.2) is 32.7 Å². The molecule has 1 unspecified atom stereocenters. The van der Waals surface area contributed by atoms with E-state index in [1.807, 2.05) is 24.3 Å². The van der Waals surface area contributed by atoms with Crippen molar-refractivity contribution >= 4 is 8.32 Å². The fraction of sp³-hybridized carbons (Fsp3) is 0.556. The molecule has 3 atom stereocenters. The van der Waals surface area contributed by atoms with Gasteiger partial charge in [-0.3, -0.25) is 0 Å². The smallest absolute Gasteiger partial charge is 0.184 e. The Bertz CT molecular complexity index is 483. The van der Waals surface area contributed by atoms with Crippen LogP contribution in [0, 0.1) is 0 Å². The third kappa shape index (κ3) is 4.78. The van der Waals surface area contributed by atoms with Gasteiger partial charge in [-0.25, -0.2) is 0 Å². The molecule has 0 bridgehead atoms. The third-order valence-electron chi connectivity index (χ3n) is 3.87. The van der Waals surface area contributed by atoms with E-state index in [-0.39, 0.29) is 17.8 Å². The van der Waals surface area contributed by atoms with E-state index >= 15 is 0 Å². The Hall–Kier alpha value is -0.943. The van der Waals surface area contributed by atoms with Crippen molar-refractivity contribution in [3.8, 4) is 0 Å². The number of hydrogen-bond donors (Lipinski definition) is 0. The number of epoxide rings is 1. The summed E-state index contributed by atoms with van der Waals surface area (Å²) in [5.74, 6) is 0. The van der Waals surface area contributed by atoms with Crippen molar-refractivity contribution in [3.63, 3.8) is 0 Å². The van der Waals surface area contributed by atoms with Gasteiger partial charge in [-0.2, -0.15) is 0 Å². The molecule has 0 N–H and O–H groups in total. The summed E-state index contributed by atoms with van der Waals surface area (Å²) < 4.78 is 17.8. The Morgan fingerprint density at radius 2 is 2.00 bits per heavy atom. The molecule has 4 heteroatoms. The third-order valence-corrected chi connectivity index (χ3v) is 4.83. The number of benzene rings is 1. The minimum Gasteiger partial charge on any atom is -0.408 e. The van der Waals surface area contributed by atoms with Crippen LogP contribution in [0.5, 0.6) is 0 Å². The Labute approximate surface area is 135 Å². The largest absolute Gasteiger partial charge is 0.408 e. The molecule has 2 rings (SSSR count). The van der Waals surface area contributed by atoms with Gasteiger partial charge in [0, 0.05) is 6.61 Å². The first-order valence-corrected chi connectivity index (χ1v) is 11.4. The van der Waals surface area contributed by atoms with Crippen molar-refractivity contribution in [2.24, 2.45) is 0 Å². The van der Waals surface area contributed by atoms with Gasteiger partial charge in [-0.15, -0.1) is 6.58 Å². The number of ether oxygens (including phenoxy) is 2. The van der Waals surface area contributed by atoms with E-state index in [1.165, 1.54) is 5.56 Å². The summed E-state index contributed by atoms with van der Waals surface area (Å²) in [6.45, 7) is 13.9. The van der Waals surface area contributed by atoms with Crippen LogP contribution in [0.1, 0.15) is 18.9 Å². The molecule has 0 aromatic heterocycles. The van der Waals surface area contributed by atoms with Gasteiger partial charge < -0.3 is 13.9 Å². The van der Waals surface area contributed by atoms with Gasteiger partial charge in [-0.1, -0.05) is 36.4 Å². The van der Waals surface area contributed by atoms with E-state index < -0.39 is 8.32 Å². The van der Waals surface area contributed by atoms with E-state index in [2.05, 4.69) is 45.3 Å². The van der Waals surface area contributed by atoms with Crippen LogP contribution in [0.25, 0.3) is 0 Å². The molecule has 22 heavy (non-hydrogen) atoms. The van der Waals surface area contributed by atoms with Gasteiger partial charge in [0.2, 0.25) is 0 Å². The summed E-state index contributed by atoms with van der Waals surface area (Å²) in [5, 5.41) is 0. The lowest BCUT2D eigenvalue weighted by Gasteiger charge is -2.27. The molecule has 1 saturated heterocycles. The zero-order valence-corrected chi connectivity index (χ0v) is 15.2. The molecular weight excluding hydrogens is 292 g/mol. The highest BCUT2D eigenvalue weighted by atomic mass is 28.4. The van der Waals surface area contributed by atoms with Gasteiger partial charge in [-0.05, 0) is 38.5 Å². The Balaban J connectivity index is 1.73. The number of hydrogen-bond acceptors (Lipinski definition) is 3. The predicted molar refractivity (Wildman–Crippen MR) is 92.4 cm³/mol. The van der Waals surface area contributed by atoms with Crippen molar-refractivity contribution in [2.45, 2.75) is 57.4 Å². The summed E-state index contributed by atoms with van der Waals surface area (Å²) >= 11 is 0. The van der Waals surface area contributed by atoms with E-state index in [0.29, 0.717) is 13.2 Å². The van der Waals surface area contributed by atoms with E-state index in [4.69, 9.17) is 13.9 Å². The van der Waals surface area contributed by atoms with Crippen LogP contribution in [0.3, 0.4) is 0 Å². The molecule has 0 spiro atoms. The van der Waals surface area contributed by atoms with Crippen LogP contribution >= 0.6 is 0 Å². The Morgan fingerprint density at radius 1 is 1.32 bits per heavy atom. The van der Waals surface area contributed by atoms with E-state index in [0.717, 1.165) is 6.42 Å². The van der Waals surface area contributed by atoms with Crippen molar-refractivity contribution in [3.05, 3.63) is 48.6 Å². The van der Waals surface area contributed by atoms with Gasteiger partial charge in [0.25, 0.3) is 0 Å². The second-order valence-electron chi connectivity index (χ2n) is 7.00. The zero-order chi connectivity index (χ0) is 16.2. The van der Waals surface area contributed by atoms with Crippen LogP contribution in [0.2, 0.25) is 19.6 Å². The molecule has 1 fully saturated rings. The van der Waals surface area contributed by atoms with Gasteiger partial charge in [0.1, 0.15) is 5.60 Å². The molecule has 1 aromatic rings. The zero-order valence-electron chi connectivity index (χ0n) is 14.2. The maximum Gasteiger partial charge on any atom is 0.184 e. The molecule has 1 aliphatic heterocycles. The van der Waals surface area contributed by atoms with Crippen LogP contribution in [0.4, 0.5) is 0 Å². The van der Waals surface area contributed by atoms with Crippen molar-refractivity contribution in [2.75, 3.05) is 6.61 Å². The first-order chi connectivity index (χ1) is 10.3. The van der Waals surface area contributed by atoms with Crippen LogP contribution in [-0.2, 0) is 20.5 Å². The maximum absolute atomic E-state index is 6.17. The minimum absolute atomic E-state index is 0.0294. The first-order valence-electron chi connectivity index (χ1n) is 7.95. The quantitative estimate of drug-likeness (QED) is 0.296. The topological polar surface area (TPSA) is 31.0 Å². The van der Waals surface area contributed by atoms with Crippen molar-refractivity contribution < 1.29 is 13.9 Å². The lowest BCUT2D eigenvalue weighted by molar-refractivity contribution is 0.113. The van der Waals surface area contributed by atoms with Crippen molar-refractivity contribution in [1.82, 2.24) is 0 Å². The molecule has 0 radical (unpaired) electrons. The monoisotopic (exact) mass is 320 g/mol. The highest BCUT2D eigenvalue weighted by Crippen LogP contribution is 2.43. The molecule has 0 amide bonds. The fourth-order valence-electron chi connectivity index (χ4n) is 2.60. The molecule has 0 aliphatic carbocycles. The predicted octanol–water partition coefficient (Wildman–Crippen LogP) is 4.16. The summed E-state index contributed by atoms with van der Waals surface area (Å²) in [7, 11) is -1.61. The normalized spacial score (nSPS) is 25.7. The summed E-state index contributed by atoms with van der Waals surface area (Å²) in [5.41, 5.74) is 0.964. The SMILES string of the molecule is C=CC(O[Si](C)(C)C)[C@]1(C)O[C@H]1CCOCc1ccccc1. The first kappa shape index (κ1) is 17.4.